The van der Waals surface area contributed by atoms with Crippen molar-refractivity contribution in [3.63, 3.8) is 0 Å². The van der Waals surface area contributed by atoms with E-state index in [0.717, 1.165) is 0 Å². The lowest BCUT2D eigenvalue weighted by molar-refractivity contribution is 0.524. The van der Waals surface area contributed by atoms with Crippen molar-refractivity contribution in [2.45, 2.75) is 6.92 Å². The van der Waals surface area contributed by atoms with Gasteiger partial charge in [0.05, 0.1) is 0 Å². The lowest BCUT2D eigenvalue weighted by atomic mass is 11.0. The highest BCUT2D eigenvalue weighted by atomic mass is 31.1. The highest BCUT2D eigenvalue weighted by molar-refractivity contribution is 7.16. The summed E-state index contributed by atoms with van der Waals surface area (Å²) < 4.78 is 8.51. The third-order valence-electron chi connectivity index (χ3n) is 0. The van der Waals surface area contributed by atoms with E-state index in [4.69, 9.17) is 9.46 Å². The summed E-state index contributed by atoms with van der Waals surface area (Å²) in [6.45, 7) is 2.09. The van der Waals surface area contributed by atoms with Crippen LogP contribution in [-0.4, -0.2) is 11.1 Å². The Labute approximate surface area is 41.4 Å². The van der Waals surface area contributed by atoms with E-state index in [9.17, 15) is 0 Å². The Balaban J connectivity index is 0. The van der Waals surface area contributed by atoms with Crippen LogP contribution in [0.2, 0.25) is 0 Å². The number of rotatable bonds is 0. The maximum Gasteiger partial charge on any atom is 0.491 e. The van der Waals surface area contributed by atoms with Crippen molar-refractivity contribution in [3.05, 3.63) is 0 Å². The van der Waals surface area contributed by atoms with Crippen LogP contribution >= 0.6 is 17.9 Å². The Hall–Kier alpha value is 0.490. The maximum atomic E-state index is 8.51. The lowest BCUT2D eigenvalue weighted by Gasteiger charge is -1.48. The largest absolute Gasteiger partial charge is 0.491 e. The molecule has 0 rings (SSSR count). The van der Waals surface area contributed by atoms with Gasteiger partial charge < -0.3 is 0 Å². The zero-order chi connectivity index (χ0) is 5.41. The van der Waals surface area contributed by atoms with Crippen LogP contribution in [0.5, 0.6) is 0 Å². The average molecular weight is 127 g/mol. The molecule has 0 aromatic carbocycles. The fourth-order valence-corrected chi connectivity index (χ4v) is 0. The summed E-state index contributed by atoms with van der Waals surface area (Å²) >= 11 is 0. The van der Waals surface area contributed by atoms with Crippen LogP contribution in [0.15, 0.2) is 0 Å². The topological polar surface area (TPSA) is 37.3 Å². The highest BCUT2D eigenvalue weighted by Gasteiger charge is 1.45. The molecular weight excluding hydrogens is 118 g/mol. The summed E-state index contributed by atoms with van der Waals surface area (Å²) in [5.41, 5.74) is 0. The molecule has 0 bridgehead atoms. The van der Waals surface area contributed by atoms with Gasteiger partial charge >= 0.3 is 8.69 Å². The van der Waals surface area contributed by atoms with Crippen molar-refractivity contribution < 1.29 is 9.46 Å². The van der Waals surface area contributed by atoms with Crippen LogP contribution in [0.1, 0.15) is 6.92 Å². The zero-order valence-corrected chi connectivity index (χ0v) is 5.79. The molecule has 0 heterocycles. The van der Waals surface area contributed by atoms with Crippen LogP contribution in [0.4, 0.5) is 0 Å². The van der Waals surface area contributed by atoms with Crippen molar-refractivity contribution in [2.75, 3.05) is 6.16 Å². The Morgan fingerprint density at radius 3 is 2.00 bits per heavy atom. The molecule has 0 radical (unpaired) electrons. The van der Waals surface area contributed by atoms with E-state index < -0.39 is 8.69 Å². The van der Waals surface area contributed by atoms with Gasteiger partial charge in [0.15, 0.2) is 0 Å². The monoisotopic (exact) mass is 127 g/mol. The molecule has 4 heteroatoms. The molecule has 0 aliphatic heterocycles. The molecule has 2 atom stereocenters. The first-order valence-electron chi connectivity index (χ1n) is 1.54. The Morgan fingerprint density at radius 1 is 2.00 bits per heavy atom. The molecule has 0 saturated carbocycles. The van der Waals surface area contributed by atoms with Gasteiger partial charge in [0.1, 0.15) is 0 Å². The summed E-state index contributed by atoms with van der Waals surface area (Å²) in [7, 11) is 1.41. The van der Waals surface area contributed by atoms with E-state index in [1.54, 1.807) is 0 Å². The third-order valence-corrected chi connectivity index (χ3v) is 0. The van der Waals surface area contributed by atoms with Crippen LogP contribution in [0, 0.1) is 0 Å². The van der Waals surface area contributed by atoms with Crippen molar-refractivity contribution >= 4 is 17.9 Å². The minimum absolute atomic E-state index is 1.17. The highest BCUT2D eigenvalue weighted by Crippen LogP contribution is 1.68. The standard InChI is InChI=1S/C2H7P.HO2P/c1-2-3;1-3-2/h2-3H2,1H3;3H/p+1. The molecule has 2 nitrogen and oxygen atoms in total. The fraction of sp³-hybridized carbons (Fsp3) is 1.00. The van der Waals surface area contributed by atoms with E-state index in [1.807, 2.05) is 0 Å². The minimum atomic E-state index is -1.17. The van der Waals surface area contributed by atoms with Crippen molar-refractivity contribution in [2.24, 2.45) is 0 Å². The molecule has 1 N–H and O–H groups in total. The first-order chi connectivity index (χ1) is 2.83. The first-order valence-corrected chi connectivity index (χ1v) is 3.22. The van der Waals surface area contributed by atoms with E-state index in [-0.39, 0.29) is 0 Å². The van der Waals surface area contributed by atoms with Gasteiger partial charge in [0.25, 0.3) is 0 Å². The SMILES string of the molecule is CCP.O=[PH+]O. The predicted octanol–water partition coefficient (Wildman–Crippen LogP) is 0.799. The van der Waals surface area contributed by atoms with Crippen molar-refractivity contribution in [3.8, 4) is 0 Å². The molecule has 0 aliphatic rings. The summed E-state index contributed by atoms with van der Waals surface area (Å²) in [4.78, 5) is 7.04. The molecule has 0 amide bonds. The molecule has 6 heavy (non-hydrogen) atoms. The van der Waals surface area contributed by atoms with Gasteiger partial charge in [0.2, 0.25) is 0 Å². The summed E-state index contributed by atoms with van der Waals surface area (Å²) in [6.07, 6.45) is 1.17. The Kier molecular flexibility index (Phi) is 28.9. The van der Waals surface area contributed by atoms with Crippen molar-refractivity contribution in [1.29, 1.82) is 0 Å². The van der Waals surface area contributed by atoms with Gasteiger partial charge in [-0.2, -0.15) is 4.89 Å². The smallest absolute Gasteiger partial charge is 0.162 e. The van der Waals surface area contributed by atoms with Crippen LogP contribution < -0.4 is 0 Å². The molecular formula is C2H9O2P2+. The summed E-state index contributed by atoms with van der Waals surface area (Å²) in [5.74, 6) is 0. The Morgan fingerprint density at radius 2 is 2.00 bits per heavy atom. The lowest BCUT2D eigenvalue weighted by Crippen LogP contribution is -1.33. The van der Waals surface area contributed by atoms with Crippen LogP contribution in [0.3, 0.4) is 0 Å². The second-order valence-corrected chi connectivity index (χ2v) is 1.50. The minimum Gasteiger partial charge on any atom is -0.162 e. The zero-order valence-electron chi connectivity index (χ0n) is 3.64. The predicted molar refractivity (Wildman–Crippen MR) is 31.5 cm³/mol. The van der Waals surface area contributed by atoms with Gasteiger partial charge in [-0.25, -0.2) is 0 Å². The third kappa shape index (κ3) is 228. The maximum absolute atomic E-state index is 8.51. The van der Waals surface area contributed by atoms with Crippen molar-refractivity contribution in [1.82, 2.24) is 0 Å². The number of hydrogen-bond donors (Lipinski definition) is 1. The van der Waals surface area contributed by atoms with E-state index >= 15 is 0 Å². The Bertz CT molecular complexity index is 23.5. The molecule has 0 spiro atoms. The fourth-order valence-electron chi connectivity index (χ4n) is 0. The molecule has 38 valence electrons. The molecule has 0 saturated heterocycles. The number of hydrogen-bond acceptors (Lipinski definition) is 1. The van der Waals surface area contributed by atoms with Gasteiger partial charge in [-0.05, 0) is 10.7 Å². The first kappa shape index (κ1) is 9.70. The van der Waals surface area contributed by atoms with Gasteiger partial charge in [-0.1, -0.05) is 6.92 Å². The normalized spacial score (nSPS) is 6.50. The van der Waals surface area contributed by atoms with E-state index in [1.165, 1.54) is 6.16 Å². The molecule has 0 aromatic heterocycles. The average Bonchev–Trinajstić information content (AvgIpc) is 1.39. The van der Waals surface area contributed by atoms with Crippen LogP contribution in [0.25, 0.3) is 0 Å². The summed E-state index contributed by atoms with van der Waals surface area (Å²) in [5, 5.41) is 0. The second kappa shape index (κ2) is 17.9. The molecule has 0 aliphatic carbocycles. The van der Waals surface area contributed by atoms with Gasteiger partial charge in [0, 0.05) is 0 Å². The molecule has 2 unspecified atom stereocenters. The molecule has 0 aromatic rings. The van der Waals surface area contributed by atoms with Gasteiger partial charge in [-0.15, -0.1) is 9.24 Å². The van der Waals surface area contributed by atoms with Crippen LogP contribution in [-0.2, 0) is 4.57 Å². The second-order valence-electron chi connectivity index (χ2n) is 0.500. The van der Waals surface area contributed by atoms with E-state index in [2.05, 4.69) is 16.2 Å². The summed E-state index contributed by atoms with van der Waals surface area (Å²) in [6, 6.07) is 0. The quantitative estimate of drug-likeness (QED) is 0.488. The van der Waals surface area contributed by atoms with Gasteiger partial charge in [-0.3, -0.25) is 0 Å². The van der Waals surface area contributed by atoms with E-state index in [0.29, 0.717) is 0 Å². The molecule has 0 fully saturated rings.